The second-order valence-electron chi connectivity index (χ2n) is 5.82. The average molecular weight is 283 g/mol. The van der Waals surface area contributed by atoms with E-state index in [0.29, 0.717) is 12.7 Å². The monoisotopic (exact) mass is 283 g/mol. The van der Waals surface area contributed by atoms with E-state index in [-0.39, 0.29) is 6.04 Å². The van der Waals surface area contributed by atoms with Crippen molar-refractivity contribution in [2.45, 2.75) is 32.2 Å². The first-order valence-corrected chi connectivity index (χ1v) is 7.37. The van der Waals surface area contributed by atoms with Crippen LogP contribution in [-0.2, 0) is 6.42 Å². The quantitative estimate of drug-likeness (QED) is 0.928. The third-order valence-electron chi connectivity index (χ3n) is 3.93. The zero-order chi connectivity index (χ0) is 14.8. The Morgan fingerprint density at radius 1 is 0.952 bits per heavy atom. The van der Waals surface area contributed by atoms with Crippen molar-refractivity contribution in [2.75, 3.05) is 6.79 Å². The molecule has 0 bridgehead atoms. The molecule has 0 amide bonds. The number of nitrogens with two attached hydrogens (primary N) is 1. The fraction of sp³-hybridized carbons (Fsp3) is 0.333. The van der Waals surface area contributed by atoms with Crippen LogP contribution in [0.15, 0.2) is 42.5 Å². The van der Waals surface area contributed by atoms with Gasteiger partial charge in [-0.25, -0.2) is 0 Å². The molecule has 2 N–H and O–H groups in total. The predicted octanol–water partition coefficient (Wildman–Crippen LogP) is 3.78. The highest BCUT2D eigenvalue weighted by Gasteiger charge is 2.16. The van der Waals surface area contributed by atoms with Crippen LogP contribution in [0.2, 0.25) is 0 Å². The van der Waals surface area contributed by atoms with Crippen LogP contribution in [-0.4, -0.2) is 6.79 Å². The summed E-state index contributed by atoms with van der Waals surface area (Å²) in [5.74, 6) is 2.15. The van der Waals surface area contributed by atoms with Gasteiger partial charge < -0.3 is 15.2 Å². The lowest BCUT2D eigenvalue weighted by molar-refractivity contribution is 0.174. The third kappa shape index (κ3) is 3.03. The number of ether oxygens (including phenoxy) is 2. The van der Waals surface area contributed by atoms with E-state index in [2.05, 4.69) is 38.1 Å². The maximum atomic E-state index is 6.32. The molecule has 1 aliphatic heterocycles. The van der Waals surface area contributed by atoms with E-state index in [1.807, 2.05) is 18.2 Å². The minimum absolute atomic E-state index is 0.0376. The normalized spacial score (nSPS) is 14.5. The fourth-order valence-corrected chi connectivity index (χ4v) is 2.55. The molecule has 1 atom stereocenters. The van der Waals surface area contributed by atoms with Crippen LogP contribution in [0.3, 0.4) is 0 Å². The van der Waals surface area contributed by atoms with Gasteiger partial charge in [0.2, 0.25) is 6.79 Å². The maximum Gasteiger partial charge on any atom is 0.231 e. The largest absolute Gasteiger partial charge is 0.454 e. The Balaban J connectivity index is 1.72. The Morgan fingerprint density at radius 3 is 2.33 bits per heavy atom. The van der Waals surface area contributed by atoms with Gasteiger partial charge in [0, 0.05) is 6.04 Å². The summed E-state index contributed by atoms with van der Waals surface area (Å²) in [4.78, 5) is 0. The zero-order valence-electron chi connectivity index (χ0n) is 12.5. The molecule has 3 heteroatoms. The summed E-state index contributed by atoms with van der Waals surface area (Å²) in [5, 5.41) is 0. The highest BCUT2D eigenvalue weighted by atomic mass is 16.7. The molecule has 0 fully saturated rings. The lowest BCUT2D eigenvalue weighted by atomic mass is 9.96. The van der Waals surface area contributed by atoms with Crippen LogP contribution in [0.1, 0.15) is 42.5 Å². The molecular weight excluding hydrogens is 262 g/mol. The fourth-order valence-electron chi connectivity index (χ4n) is 2.55. The second-order valence-corrected chi connectivity index (χ2v) is 5.82. The second kappa shape index (κ2) is 5.78. The van der Waals surface area contributed by atoms with Crippen molar-refractivity contribution >= 4 is 0 Å². The van der Waals surface area contributed by atoms with Crippen LogP contribution >= 0.6 is 0 Å². The number of hydrogen-bond donors (Lipinski definition) is 1. The van der Waals surface area contributed by atoms with Gasteiger partial charge in [-0.05, 0) is 41.2 Å². The molecular formula is C18H21NO2. The maximum absolute atomic E-state index is 6.32. The van der Waals surface area contributed by atoms with Crippen molar-refractivity contribution in [3.8, 4) is 11.5 Å². The molecule has 1 aliphatic rings. The van der Waals surface area contributed by atoms with Crippen molar-refractivity contribution in [3.05, 3.63) is 59.2 Å². The van der Waals surface area contributed by atoms with E-state index in [1.165, 1.54) is 11.1 Å². The molecule has 0 aliphatic carbocycles. The number of fused-ring (bicyclic) bond motifs is 1. The summed E-state index contributed by atoms with van der Waals surface area (Å²) >= 11 is 0. The van der Waals surface area contributed by atoms with E-state index in [4.69, 9.17) is 15.2 Å². The van der Waals surface area contributed by atoms with E-state index < -0.39 is 0 Å². The first-order chi connectivity index (χ1) is 10.1. The van der Waals surface area contributed by atoms with E-state index in [1.54, 1.807) is 0 Å². The molecule has 1 unspecified atom stereocenters. The van der Waals surface area contributed by atoms with Gasteiger partial charge in [0.1, 0.15) is 0 Å². The van der Waals surface area contributed by atoms with Crippen molar-refractivity contribution in [1.29, 1.82) is 0 Å². The summed E-state index contributed by atoms with van der Waals surface area (Å²) in [6.45, 7) is 4.70. The molecule has 0 radical (unpaired) electrons. The molecule has 2 aromatic carbocycles. The van der Waals surface area contributed by atoms with Crippen LogP contribution < -0.4 is 15.2 Å². The Hall–Kier alpha value is -2.00. The van der Waals surface area contributed by atoms with E-state index in [0.717, 1.165) is 23.5 Å². The van der Waals surface area contributed by atoms with Gasteiger partial charge in [0.25, 0.3) is 0 Å². The lowest BCUT2D eigenvalue weighted by Crippen LogP contribution is -2.13. The summed E-state index contributed by atoms with van der Waals surface area (Å²) in [5.41, 5.74) is 10.0. The Morgan fingerprint density at radius 2 is 1.62 bits per heavy atom. The topological polar surface area (TPSA) is 44.5 Å². The van der Waals surface area contributed by atoms with Gasteiger partial charge >= 0.3 is 0 Å². The Labute approximate surface area is 125 Å². The lowest BCUT2D eigenvalue weighted by Gasteiger charge is -2.14. The van der Waals surface area contributed by atoms with Crippen LogP contribution in [0.5, 0.6) is 11.5 Å². The standard InChI is InChI=1S/C18H21NO2/c1-12(2)14-5-3-13(4-6-14)9-16(19)15-7-8-17-18(10-15)21-11-20-17/h3-8,10,12,16H,9,11,19H2,1-2H3. The van der Waals surface area contributed by atoms with E-state index >= 15 is 0 Å². The van der Waals surface area contributed by atoms with Gasteiger partial charge in [-0.2, -0.15) is 0 Å². The molecule has 0 saturated carbocycles. The number of benzene rings is 2. The van der Waals surface area contributed by atoms with Gasteiger partial charge in [-0.3, -0.25) is 0 Å². The first kappa shape index (κ1) is 14.0. The highest BCUT2D eigenvalue weighted by molar-refractivity contribution is 5.45. The van der Waals surface area contributed by atoms with Crippen molar-refractivity contribution in [3.63, 3.8) is 0 Å². The molecule has 110 valence electrons. The molecule has 0 saturated heterocycles. The Bertz CT molecular complexity index is 620. The highest BCUT2D eigenvalue weighted by Crippen LogP contribution is 2.34. The van der Waals surface area contributed by atoms with Gasteiger partial charge in [0.05, 0.1) is 0 Å². The summed E-state index contributed by atoms with van der Waals surface area (Å²) < 4.78 is 10.7. The van der Waals surface area contributed by atoms with Gasteiger partial charge in [-0.1, -0.05) is 44.2 Å². The van der Waals surface area contributed by atoms with Crippen molar-refractivity contribution in [2.24, 2.45) is 5.73 Å². The predicted molar refractivity (Wildman–Crippen MR) is 83.7 cm³/mol. The summed E-state index contributed by atoms with van der Waals surface area (Å²) in [7, 11) is 0. The average Bonchev–Trinajstić information content (AvgIpc) is 2.95. The van der Waals surface area contributed by atoms with Crippen LogP contribution in [0.4, 0.5) is 0 Å². The molecule has 3 nitrogen and oxygen atoms in total. The first-order valence-electron chi connectivity index (χ1n) is 7.37. The number of rotatable bonds is 4. The SMILES string of the molecule is CC(C)c1ccc(CC(N)c2ccc3c(c2)OCO3)cc1. The molecule has 1 heterocycles. The van der Waals surface area contributed by atoms with E-state index in [9.17, 15) is 0 Å². The molecule has 21 heavy (non-hydrogen) atoms. The molecule has 3 rings (SSSR count). The van der Waals surface area contributed by atoms with Crippen molar-refractivity contribution < 1.29 is 9.47 Å². The number of hydrogen-bond acceptors (Lipinski definition) is 3. The zero-order valence-corrected chi connectivity index (χ0v) is 12.5. The van der Waals surface area contributed by atoms with Gasteiger partial charge in [-0.15, -0.1) is 0 Å². The van der Waals surface area contributed by atoms with Crippen LogP contribution in [0.25, 0.3) is 0 Å². The molecule has 2 aromatic rings. The van der Waals surface area contributed by atoms with Crippen LogP contribution in [0, 0.1) is 0 Å². The molecule has 0 spiro atoms. The minimum Gasteiger partial charge on any atom is -0.454 e. The van der Waals surface area contributed by atoms with Crippen molar-refractivity contribution in [1.82, 2.24) is 0 Å². The van der Waals surface area contributed by atoms with Gasteiger partial charge in [0.15, 0.2) is 11.5 Å². The smallest absolute Gasteiger partial charge is 0.231 e. The Kier molecular flexibility index (Phi) is 3.84. The third-order valence-corrected chi connectivity index (χ3v) is 3.93. The summed E-state index contributed by atoms with van der Waals surface area (Å²) in [6, 6.07) is 14.6. The molecule has 0 aromatic heterocycles. The summed E-state index contributed by atoms with van der Waals surface area (Å²) in [6.07, 6.45) is 0.817. The minimum atomic E-state index is -0.0376.